The molecule has 1 heterocycles. The van der Waals surface area contributed by atoms with Gasteiger partial charge in [-0.2, -0.15) is 5.26 Å². The van der Waals surface area contributed by atoms with Crippen LogP contribution in [0.1, 0.15) is 11.3 Å². The third kappa shape index (κ3) is 2.62. The fraction of sp³-hybridized carbons (Fsp3) is 0.0769. The number of hydrogen-bond donors (Lipinski definition) is 1. The molecule has 1 N–H and O–H groups in total. The highest BCUT2D eigenvalue weighted by Crippen LogP contribution is 2.36. The van der Waals surface area contributed by atoms with E-state index in [-0.39, 0.29) is 5.56 Å². The summed E-state index contributed by atoms with van der Waals surface area (Å²) in [6.07, 6.45) is 0. The lowest BCUT2D eigenvalue weighted by Gasteiger charge is -2.09. The van der Waals surface area contributed by atoms with Crippen LogP contribution < -0.4 is 5.56 Å². The van der Waals surface area contributed by atoms with Crippen molar-refractivity contribution in [1.82, 2.24) is 4.98 Å². The Bertz CT molecular complexity index is 762. The van der Waals surface area contributed by atoms with Crippen LogP contribution in [-0.4, -0.2) is 4.98 Å². The molecule has 2 aromatic rings. The molecule has 1 aromatic heterocycles. The van der Waals surface area contributed by atoms with Gasteiger partial charge in [0.25, 0.3) is 5.56 Å². The Morgan fingerprint density at radius 1 is 1.26 bits per heavy atom. The quantitative estimate of drug-likeness (QED) is 0.757. The van der Waals surface area contributed by atoms with Gasteiger partial charge in [-0.05, 0) is 57.0 Å². The summed E-state index contributed by atoms with van der Waals surface area (Å²) in [5.74, 6) is -0.452. The first-order valence-corrected chi connectivity index (χ1v) is 6.81. The number of aromatic amines is 1. The maximum absolute atomic E-state index is 13.5. The monoisotopic (exact) mass is 384 g/mol. The molecule has 0 aliphatic rings. The van der Waals surface area contributed by atoms with Gasteiger partial charge in [-0.15, -0.1) is 0 Å². The van der Waals surface area contributed by atoms with E-state index < -0.39 is 11.4 Å². The van der Waals surface area contributed by atoms with E-state index in [0.717, 1.165) is 0 Å². The molecule has 0 unspecified atom stereocenters. The second-order valence-electron chi connectivity index (χ2n) is 3.93. The van der Waals surface area contributed by atoms with Crippen molar-refractivity contribution in [2.24, 2.45) is 0 Å². The van der Waals surface area contributed by atoms with E-state index in [2.05, 4.69) is 36.8 Å². The SMILES string of the molecule is Cc1cc(-c2cc(F)cc(Br)c2Br)c(C#N)c(=O)[nH]1. The summed E-state index contributed by atoms with van der Waals surface area (Å²) in [4.78, 5) is 14.3. The predicted molar refractivity (Wildman–Crippen MR) is 77.3 cm³/mol. The third-order valence-corrected chi connectivity index (χ3v) is 4.57. The Hall–Kier alpha value is -1.45. The van der Waals surface area contributed by atoms with Gasteiger partial charge in [0.15, 0.2) is 0 Å². The molecular weight excluding hydrogens is 379 g/mol. The summed E-state index contributed by atoms with van der Waals surface area (Å²) in [5, 5.41) is 9.09. The van der Waals surface area contributed by atoms with Crippen LogP contribution in [0.4, 0.5) is 4.39 Å². The standard InChI is InChI=1S/C13H7Br2FN2O/c1-6-2-8(10(5-17)13(19)18-6)9-3-7(16)4-11(14)12(9)15/h2-4H,1H3,(H,18,19). The van der Waals surface area contributed by atoms with Gasteiger partial charge in [-0.25, -0.2) is 4.39 Å². The second-order valence-corrected chi connectivity index (χ2v) is 5.58. The summed E-state index contributed by atoms with van der Waals surface area (Å²) in [7, 11) is 0. The minimum Gasteiger partial charge on any atom is -0.325 e. The number of pyridine rings is 1. The lowest BCUT2D eigenvalue weighted by molar-refractivity contribution is 0.627. The van der Waals surface area contributed by atoms with E-state index in [1.54, 1.807) is 13.0 Å². The molecule has 0 atom stereocenters. The average molecular weight is 386 g/mol. The lowest BCUT2D eigenvalue weighted by Crippen LogP contribution is -2.12. The molecule has 2 rings (SSSR count). The second kappa shape index (κ2) is 5.27. The van der Waals surface area contributed by atoms with Crippen molar-refractivity contribution in [2.75, 3.05) is 0 Å². The highest BCUT2D eigenvalue weighted by molar-refractivity contribution is 9.13. The molecule has 19 heavy (non-hydrogen) atoms. The summed E-state index contributed by atoms with van der Waals surface area (Å²) in [5.41, 5.74) is 0.938. The lowest BCUT2D eigenvalue weighted by atomic mass is 10.0. The van der Waals surface area contributed by atoms with Crippen molar-refractivity contribution < 1.29 is 4.39 Å². The van der Waals surface area contributed by atoms with Gasteiger partial charge in [0.05, 0.1) is 0 Å². The van der Waals surface area contributed by atoms with E-state index in [0.29, 0.717) is 25.8 Å². The zero-order valence-corrected chi connectivity index (χ0v) is 12.9. The Kier molecular flexibility index (Phi) is 3.88. The van der Waals surface area contributed by atoms with Crippen LogP contribution in [-0.2, 0) is 0 Å². The van der Waals surface area contributed by atoms with Gasteiger partial charge in [-0.3, -0.25) is 4.79 Å². The van der Waals surface area contributed by atoms with Gasteiger partial charge in [-0.1, -0.05) is 0 Å². The first-order chi connectivity index (χ1) is 8.93. The number of hydrogen-bond acceptors (Lipinski definition) is 2. The molecular formula is C13H7Br2FN2O. The summed E-state index contributed by atoms with van der Waals surface area (Å²) < 4.78 is 14.6. The molecule has 0 saturated carbocycles. The molecule has 0 fully saturated rings. The summed E-state index contributed by atoms with van der Waals surface area (Å²) in [6, 6.07) is 6.08. The average Bonchev–Trinajstić information content (AvgIpc) is 2.33. The number of rotatable bonds is 1. The molecule has 0 aliphatic carbocycles. The molecule has 0 bridgehead atoms. The topological polar surface area (TPSA) is 56.6 Å². The number of aromatic nitrogens is 1. The van der Waals surface area contributed by atoms with Crippen LogP contribution in [0.5, 0.6) is 0 Å². The van der Waals surface area contributed by atoms with Crippen LogP contribution in [0.2, 0.25) is 0 Å². The van der Waals surface area contributed by atoms with E-state index in [1.165, 1.54) is 12.1 Å². The number of nitriles is 1. The van der Waals surface area contributed by atoms with Crippen LogP contribution in [0.3, 0.4) is 0 Å². The van der Waals surface area contributed by atoms with Gasteiger partial charge in [0, 0.05) is 25.8 Å². The van der Waals surface area contributed by atoms with Crippen molar-refractivity contribution in [3.63, 3.8) is 0 Å². The van der Waals surface area contributed by atoms with Crippen molar-refractivity contribution in [3.8, 4) is 17.2 Å². The molecule has 1 aromatic carbocycles. The van der Waals surface area contributed by atoms with Crippen LogP contribution in [0.25, 0.3) is 11.1 Å². The van der Waals surface area contributed by atoms with E-state index in [9.17, 15) is 9.18 Å². The first-order valence-electron chi connectivity index (χ1n) is 5.23. The van der Waals surface area contributed by atoms with E-state index in [1.807, 2.05) is 6.07 Å². The maximum atomic E-state index is 13.5. The first kappa shape index (κ1) is 14.0. The van der Waals surface area contributed by atoms with Crippen LogP contribution >= 0.6 is 31.9 Å². The van der Waals surface area contributed by atoms with Crippen LogP contribution in [0, 0.1) is 24.1 Å². The third-order valence-electron chi connectivity index (χ3n) is 2.56. The minimum atomic E-state index is -0.482. The number of H-pyrrole nitrogens is 1. The Morgan fingerprint density at radius 2 is 1.95 bits per heavy atom. The summed E-state index contributed by atoms with van der Waals surface area (Å²) in [6.45, 7) is 1.70. The molecule has 0 aliphatic heterocycles. The normalized spacial score (nSPS) is 10.3. The molecule has 0 amide bonds. The smallest absolute Gasteiger partial charge is 0.266 e. The zero-order valence-electron chi connectivity index (χ0n) is 9.72. The Morgan fingerprint density at radius 3 is 2.58 bits per heavy atom. The van der Waals surface area contributed by atoms with Gasteiger partial charge >= 0.3 is 0 Å². The fourth-order valence-electron chi connectivity index (χ4n) is 1.76. The fourth-order valence-corrected chi connectivity index (χ4v) is 2.64. The predicted octanol–water partition coefficient (Wildman–Crippen LogP) is 3.89. The molecule has 0 saturated heterocycles. The molecule has 0 radical (unpaired) electrons. The molecule has 96 valence electrons. The zero-order chi connectivity index (χ0) is 14.2. The van der Waals surface area contributed by atoms with Gasteiger partial charge < -0.3 is 4.98 Å². The van der Waals surface area contributed by atoms with Gasteiger partial charge in [0.1, 0.15) is 17.4 Å². The van der Waals surface area contributed by atoms with Crippen molar-refractivity contribution in [2.45, 2.75) is 6.92 Å². The van der Waals surface area contributed by atoms with Crippen molar-refractivity contribution in [3.05, 3.63) is 54.6 Å². The van der Waals surface area contributed by atoms with Crippen LogP contribution in [0.15, 0.2) is 31.9 Å². The van der Waals surface area contributed by atoms with E-state index >= 15 is 0 Å². The minimum absolute atomic E-state index is 0.0381. The van der Waals surface area contributed by atoms with E-state index in [4.69, 9.17) is 5.26 Å². The number of halogens is 3. The highest BCUT2D eigenvalue weighted by atomic mass is 79.9. The maximum Gasteiger partial charge on any atom is 0.266 e. The molecule has 6 heteroatoms. The van der Waals surface area contributed by atoms with Gasteiger partial charge in [0.2, 0.25) is 0 Å². The molecule has 0 spiro atoms. The number of nitrogens with one attached hydrogen (secondary N) is 1. The number of nitrogens with zero attached hydrogens (tertiary/aromatic N) is 1. The largest absolute Gasteiger partial charge is 0.325 e. The van der Waals surface area contributed by atoms with Crippen molar-refractivity contribution >= 4 is 31.9 Å². The Balaban J connectivity index is 2.87. The summed E-state index contributed by atoms with van der Waals surface area (Å²) >= 11 is 6.55. The highest BCUT2D eigenvalue weighted by Gasteiger charge is 2.15. The number of benzene rings is 1. The Labute approximate surface area is 125 Å². The number of aryl methyl sites for hydroxylation is 1. The molecule has 3 nitrogen and oxygen atoms in total. The van der Waals surface area contributed by atoms with Crippen molar-refractivity contribution in [1.29, 1.82) is 5.26 Å².